The van der Waals surface area contributed by atoms with Crippen LogP contribution in [0.3, 0.4) is 0 Å². The van der Waals surface area contributed by atoms with Crippen LogP contribution in [0.4, 0.5) is 0 Å². The van der Waals surface area contributed by atoms with Crippen LogP contribution in [0.15, 0.2) is 48.5 Å². The number of H-pyrrole nitrogens is 1. The van der Waals surface area contributed by atoms with Crippen molar-refractivity contribution < 1.29 is 19.7 Å². The Hall–Kier alpha value is -3.32. The van der Waals surface area contributed by atoms with Crippen LogP contribution in [0.25, 0.3) is 11.3 Å². The third-order valence-electron chi connectivity index (χ3n) is 5.12. The standard InChI is InChI=1S/C22H23N3O4/c1-2-29-13-5-12-25-21(14-8-10-15(26)11-9-14)18-19(23-24-20(18)22(25)28)16-6-3-4-7-17(16)27/h3-4,6-11,21,26-27H,2,5,12-13H2,1H3,(H,23,24). The number of rotatable bonds is 7. The number of amides is 1. The molecular formula is C22H23N3O4. The van der Waals surface area contributed by atoms with Gasteiger partial charge in [0.05, 0.1) is 6.04 Å². The van der Waals surface area contributed by atoms with Gasteiger partial charge in [0.15, 0.2) is 0 Å². The fourth-order valence-corrected chi connectivity index (χ4v) is 3.79. The summed E-state index contributed by atoms with van der Waals surface area (Å²) in [6, 6.07) is 13.4. The van der Waals surface area contributed by atoms with Crippen molar-refractivity contribution in [2.45, 2.75) is 19.4 Å². The summed E-state index contributed by atoms with van der Waals surface area (Å²) in [6.45, 7) is 3.67. The zero-order valence-electron chi connectivity index (χ0n) is 16.1. The average molecular weight is 393 g/mol. The Morgan fingerprint density at radius 3 is 2.62 bits per heavy atom. The number of phenolic OH excluding ortho intramolecular Hbond substituents is 2. The fraction of sp³-hybridized carbons (Fsp3) is 0.273. The number of aromatic amines is 1. The Labute approximate surface area is 168 Å². The molecule has 1 aliphatic rings. The van der Waals surface area contributed by atoms with Crippen LogP contribution in [0.5, 0.6) is 11.5 Å². The third kappa shape index (κ3) is 3.45. The molecule has 7 heteroatoms. The normalized spacial score (nSPS) is 15.7. The minimum Gasteiger partial charge on any atom is -0.508 e. The summed E-state index contributed by atoms with van der Waals surface area (Å²) in [7, 11) is 0. The lowest BCUT2D eigenvalue weighted by atomic mass is 9.95. The molecule has 0 saturated carbocycles. The molecule has 1 aromatic heterocycles. The molecule has 0 bridgehead atoms. The van der Waals surface area contributed by atoms with Crippen molar-refractivity contribution in [3.8, 4) is 22.8 Å². The van der Waals surface area contributed by atoms with Crippen LogP contribution in [0, 0.1) is 0 Å². The second-order valence-corrected chi connectivity index (χ2v) is 6.92. The van der Waals surface area contributed by atoms with Crippen molar-refractivity contribution in [1.82, 2.24) is 15.1 Å². The molecule has 1 aliphatic heterocycles. The first-order chi connectivity index (χ1) is 14.1. The molecule has 0 radical (unpaired) electrons. The van der Waals surface area contributed by atoms with Crippen LogP contribution in [0.1, 0.15) is 41.0 Å². The van der Waals surface area contributed by atoms with Crippen LogP contribution in [-0.2, 0) is 4.74 Å². The number of carbonyl (C=O) groups excluding carboxylic acids is 1. The van der Waals surface area contributed by atoms with Gasteiger partial charge in [0.2, 0.25) is 0 Å². The van der Waals surface area contributed by atoms with Crippen LogP contribution >= 0.6 is 0 Å². The van der Waals surface area contributed by atoms with Gasteiger partial charge in [0.25, 0.3) is 5.91 Å². The van der Waals surface area contributed by atoms with Gasteiger partial charge in [-0.1, -0.05) is 24.3 Å². The molecule has 0 aliphatic carbocycles. The SMILES string of the molecule is CCOCCCN1C(=O)c2[nH]nc(-c3ccccc3O)c2C1c1ccc(O)cc1. The predicted octanol–water partition coefficient (Wildman–Crippen LogP) is 3.46. The van der Waals surface area contributed by atoms with E-state index in [0.29, 0.717) is 43.1 Å². The van der Waals surface area contributed by atoms with E-state index in [9.17, 15) is 15.0 Å². The summed E-state index contributed by atoms with van der Waals surface area (Å²) in [5.74, 6) is 0.131. The predicted molar refractivity (Wildman–Crippen MR) is 108 cm³/mol. The molecule has 0 fully saturated rings. The number of hydrogen-bond donors (Lipinski definition) is 3. The van der Waals surface area contributed by atoms with Gasteiger partial charge in [0, 0.05) is 30.9 Å². The second-order valence-electron chi connectivity index (χ2n) is 6.92. The first kappa shape index (κ1) is 19.0. The van der Waals surface area contributed by atoms with E-state index in [1.54, 1.807) is 47.4 Å². The van der Waals surface area contributed by atoms with E-state index in [1.807, 2.05) is 13.0 Å². The molecule has 29 heavy (non-hydrogen) atoms. The molecule has 3 N–H and O–H groups in total. The maximum atomic E-state index is 13.1. The van der Waals surface area contributed by atoms with E-state index in [1.165, 1.54) is 0 Å². The molecule has 7 nitrogen and oxygen atoms in total. The van der Waals surface area contributed by atoms with Crippen LogP contribution < -0.4 is 0 Å². The summed E-state index contributed by atoms with van der Waals surface area (Å²) in [4.78, 5) is 14.9. The Morgan fingerprint density at radius 1 is 1.14 bits per heavy atom. The fourth-order valence-electron chi connectivity index (χ4n) is 3.79. The number of fused-ring (bicyclic) bond motifs is 1. The third-order valence-corrected chi connectivity index (χ3v) is 5.12. The Bertz CT molecular complexity index is 1010. The number of ether oxygens (including phenoxy) is 1. The lowest BCUT2D eigenvalue weighted by Crippen LogP contribution is -2.31. The van der Waals surface area contributed by atoms with E-state index in [-0.39, 0.29) is 23.4 Å². The zero-order chi connectivity index (χ0) is 20.4. The van der Waals surface area contributed by atoms with Crippen molar-refractivity contribution in [2.24, 2.45) is 0 Å². The van der Waals surface area contributed by atoms with Gasteiger partial charge in [-0.05, 0) is 43.2 Å². The van der Waals surface area contributed by atoms with E-state index < -0.39 is 0 Å². The summed E-state index contributed by atoms with van der Waals surface area (Å²) in [5.41, 5.74) is 3.15. The molecule has 1 atom stereocenters. The average Bonchev–Trinajstić information content (AvgIpc) is 3.26. The summed E-state index contributed by atoms with van der Waals surface area (Å²) < 4.78 is 5.43. The van der Waals surface area contributed by atoms with Gasteiger partial charge in [-0.3, -0.25) is 9.89 Å². The lowest BCUT2D eigenvalue weighted by molar-refractivity contribution is 0.0710. The van der Waals surface area contributed by atoms with Crippen molar-refractivity contribution >= 4 is 5.91 Å². The van der Waals surface area contributed by atoms with Gasteiger partial charge >= 0.3 is 0 Å². The van der Waals surface area contributed by atoms with Gasteiger partial charge in [-0.25, -0.2) is 0 Å². The molecule has 1 amide bonds. The molecule has 3 aromatic rings. The highest BCUT2D eigenvalue weighted by atomic mass is 16.5. The first-order valence-corrected chi connectivity index (χ1v) is 9.66. The maximum absolute atomic E-state index is 13.1. The summed E-state index contributed by atoms with van der Waals surface area (Å²) >= 11 is 0. The number of aromatic hydroxyl groups is 2. The highest BCUT2D eigenvalue weighted by Gasteiger charge is 2.42. The first-order valence-electron chi connectivity index (χ1n) is 9.66. The number of nitrogens with one attached hydrogen (secondary N) is 1. The molecule has 2 heterocycles. The van der Waals surface area contributed by atoms with Crippen LogP contribution in [-0.4, -0.2) is 51.0 Å². The number of nitrogens with zero attached hydrogens (tertiary/aromatic N) is 2. The second kappa shape index (κ2) is 7.97. The Kier molecular flexibility index (Phi) is 5.22. The molecule has 0 saturated heterocycles. The number of carbonyl (C=O) groups is 1. The highest BCUT2D eigenvalue weighted by molar-refractivity contribution is 6.00. The van der Waals surface area contributed by atoms with Gasteiger partial charge in [-0.2, -0.15) is 5.10 Å². The molecular weight excluding hydrogens is 370 g/mol. The van der Waals surface area contributed by atoms with E-state index in [2.05, 4.69) is 10.2 Å². The molecule has 0 spiro atoms. The quantitative estimate of drug-likeness (QED) is 0.534. The minimum absolute atomic E-state index is 0.105. The molecule has 4 rings (SSSR count). The zero-order valence-corrected chi connectivity index (χ0v) is 16.1. The van der Waals surface area contributed by atoms with Crippen molar-refractivity contribution in [3.05, 3.63) is 65.4 Å². The maximum Gasteiger partial charge on any atom is 0.273 e. The van der Waals surface area contributed by atoms with E-state index in [0.717, 1.165) is 11.1 Å². The number of aromatic nitrogens is 2. The molecule has 150 valence electrons. The van der Waals surface area contributed by atoms with Crippen molar-refractivity contribution in [1.29, 1.82) is 0 Å². The Balaban J connectivity index is 1.78. The van der Waals surface area contributed by atoms with Gasteiger partial charge < -0.3 is 19.8 Å². The van der Waals surface area contributed by atoms with E-state index in [4.69, 9.17) is 4.74 Å². The molecule has 1 unspecified atom stereocenters. The van der Waals surface area contributed by atoms with E-state index >= 15 is 0 Å². The topological polar surface area (TPSA) is 98.7 Å². The Morgan fingerprint density at radius 2 is 1.90 bits per heavy atom. The summed E-state index contributed by atoms with van der Waals surface area (Å²) in [5, 5.41) is 27.3. The molecule has 2 aromatic carbocycles. The minimum atomic E-state index is -0.368. The van der Waals surface area contributed by atoms with Crippen LogP contribution in [0.2, 0.25) is 0 Å². The highest BCUT2D eigenvalue weighted by Crippen LogP contribution is 2.44. The smallest absolute Gasteiger partial charge is 0.273 e. The largest absolute Gasteiger partial charge is 0.508 e. The number of phenols is 2. The van der Waals surface area contributed by atoms with Gasteiger partial charge in [-0.15, -0.1) is 0 Å². The number of hydrogen-bond acceptors (Lipinski definition) is 5. The van der Waals surface area contributed by atoms with Crippen molar-refractivity contribution in [3.63, 3.8) is 0 Å². The number of para-hydroxylation sites is 1. The van der Waals surface area contributed by atoms with Gasteiger partial charge in [0.1, 0.15) is 22.9 Å². The lowest BCUT2D eigenvalue weighted by Gasteiger charge is -2.26. The number of benzene rings is 2. The summed E-state index contributed by atoms with van der Waals surface area (Å²) in [6.07, 6.45) is 0.706. The van der Waals surface area contributed by atoms with Crippen molar-refractivity contribution in [2.75, 3.05) is 19.8 Å². The monoisotopic (exact) mass is 393 g/mol.